The first-order valence-electron chi connectivity index (χ1n) is 11.0. The van der Waals surface area contributed by atoms with E-state index in [-0.39, 0.29) is 35.9 Å². The summed E-state index contributed by atoms with van der Waals surface area (Å²) in [6, 6.07) is 9.25. The number of aliphatic hydroxyl groups excluding tert-OH is 1. The van der Waals surface area contributed by atoms with Gasteiger partial charge in [-0.1, -0.05) is 18.2 Å². The van der Waals surface area contributed by atoms with Crippen LogP contribution in [0.2, 0.25) is 0 Å². The fourth-order valence-electron chi connectivity index (χ4n) is 5.35. The highest BCUT2D eigenvalue weighted by atomic mass is 19.1. The third-order valence-electron chi connectivity index (χ3n) is 6.89. The number of hydrogen-bond donors (Lipinski definition) is 3. The topological polar surface area (TPSA) is 82.0 Å². The fourth-order valence-corrected chi connectivity index (χ4v) is 5.35. The van der Waals surface area contributed by atoms with Crippen LogP contribution < -0.4 is 10.1 Å². The molecule has 4 atom stereocenters. The summed E-state index contributed by atoms with van der Waals surface area (Å²) in [4.78, 5) is 13.5. The van der Waals surface area contributed by atoms with Crippen LogP contribution >= 0.6 is 0 Å². The van der Waals surface area contributed by atoms with Crippen molar-refractivity contribution in [2.75, 3.05) is 25.0 Å². The maximum Gasteiger partial charge on any atom is 0.224 e. The Morgan fingerprint density at radius 2 is 2.03 bits per heavy atom. The summed E-state index contributed by atoms with van der Waals surface area (Å²) in [5.41, 5.74) is 0.384. The van der Waals surface area contributed by atoms with Crippen LogP contribution in [0.5, 0.6) is 5.75 Å². The molecule has 1 aliphatic carbocycles. The summed E-state index contributed by atoms with van der Waals surface area (Å²) in [5.74, 6) is -1.02. The van der Waals surface area contributed by atoms with Gasteiger partial charge < -0.3 is 20.3 Å². The average molecular weight is 444 g/mol. The minimum Gasteiger partial charge on any atom is -0.487 e. The average Bonchev–Trinajstić information content (AvgIpc) is 3.20. The van der Waals surface area contributed by atoms with E-state index in [4.69, 9.17) is 4.74 Å². The van der Waals surface area contributed by atoms with Gasteiger partial charge in [-0.3, -0.25) is 9.69 Å². The Morgan fingerprint density at radius 1 is 1.22 bits per heavy atom. The van der Waals surface area contributed by atoms with Crippen LogP contribution in [0.15, 0.2) is 36.4 Å². The van der Waals surface area contributed by atoms with Gasteiger partial charge in [0.1, 0.15) is 11.9 Å². The first-order valence-corrected chi connectivity index (χ1v) is 11.0. The third-order valence-corrected chi connectivity index (χ3v) is 6.89. The maximum atomic E-state index is 14.5. The molecule has 0 unspecified atom stereocenters. The number of carbonyl (C=O) groups excluding carboxylic acids is 1. The highest BCUT2D eigenvalue weighted by Crippen LogP contribution is 2.43. The van der Waals surface area contributed by atoms with E-state index in [1.807, 2.05) is 4.90 Å². The Labute approximate surface area is 184 Å². The zero-order valence-electron chi connectivity index (χ0n) is 17.6. The number of aliphatic hydroxyl groups is 2. The minimum atomic E-state index is -0.957. The zero-order valence-corrected chi connectivity index (χ0v) is 17.6. The van der Waals surface area contributed by atoms with Crippen molar-refractivity contribution in [3.8, 4) is 5.75 Å². The summed E-state index contributed by atoms with van der Waals surface area (Å²) in [7, 11) is 0. The number of fused-ring (bicyclic) bond motifs is 2. The number of benzene rings is 2. The molecule has 6 nitrogen and oxygen atoms in total. The molecule has 1 saturated heterocycles. The molecule has 1 saturated carbocycles. The van der Waals surface area contributed by atoms with Gasteiger partial charge in [0.05, 0.1) is 17.4 Å². The third kappa shape index (κ3) is 3.98. The second-order valence-corrected chi connectivity index (χ2v) is 9.21. The van der Waals surface area contributed by atoms with Gasteiger partial charge in [-0.2, -0.15) is 0 Å². The van der Waals surface area contributed by atoms with Gasteiger partial charge in [-0.15, -0.1) is 0 Å². The lowest BCUT2D eigenvalue weighted by atomic mass is 9.95. The van der Waals surface area contributed by atoms with E-state index in [0.29, 0.717) is 49.9 Å². The highest BCUT2D eigenvalue weighted by molar-refractivity contribution is 5.94. The normalized spacial score (nSPS) is 28.2. The summed E-state index contributed by atoms with van der Waals surface area (Å²) in [5, 5.41) is 24.4. The highest BCUT2D eigenvalue weighted by Gasteiger charge is 2.53. The van der Waals surface area contributed by atoms with Crippen molar-refractivity contribution in [1.82, 2.24) is 4.90 Å². The van der Waals surface area contributed by atoms with Crippen LogP contribution in [0.4, 0.5) is 14.5 Å². The summed E-state index contributed by atoms with van der Waals surface area (Å²) in [6.07, 6.45) is 0.548. The minimum absolute atomic E-state index is 0.0399. The molecule has 2 heterocycles. The van der Waals surface area contributed by atoms with Crippen LogP contribution in [0.25, 0.3) is 0 Å². The van der Waals surface area contributed by atoms with Crippen LogP contribution in [0.1, 0.15) is 36.5 Å². The molecule has 3 aliphatic rings. The number of hydrogen-bond acceptors (Lipinski definition) is 5. The molecule has 2 fully saturated rings. The Kier molecular flexibility index (Phi) is 5.39. The van der Waals surface area contributed by atoms with Crippen LogP contribution in [0, 0.1) is 17.6 Å². The van der Waals surface area contributed by atoms with Crippen molar-refractivity contribution in [3.63, 3.8) is 0 Å². The summed E-state index contributed by atoms with van der Waals surface area (Å²) in [6.45, 7) is 1.21. The number of rotatable bonds is 5. The van der Waals surface area contributed by atoms with Crippen molar-refractivity contribution in [2.45, 2.75) is 43.5 Å². The summed E-state index contributed by atoms with van der Waals surface area (Å²) >= 11 is 0. The number of aryl methyl sites for hydroxylation is 1. The molecular formula is C24H26F2N2O4. The number of likely N-dealkylation sites (tertiary alicyclic amines) is 1. The molecule has 0 radical (unpaired) electrons. The van der Waals surface area contributed by atoms with Gasteiger partial charge in [-0.05, 0) is 42.2 Å². The second kappa shape index (κ2) is 8.10. The zero-order chi connectivity index (χ0) is 22.5. The molecule has 1 amide bonds. The predicted molar refractivity (Wildman–Crippen MR) is 113 cm³/mol. The first-order chi connectivity index (χ1) is 15.3. The van der Waals surface area contributed by atoms with Crippen molar-refractivity contribution in [2.24, 2.45) is 5.92 Å². The Balaban J connectivity index is 1.21. The van der Waals surface area contributed by atoms with Crippen LogP contribution in [-0.2, 0) is 11.2 Å². The first kappa shape index (κ1) is 21.3. The van der Waals surface area contributed by atoms with Gasteiger partial charge in [0.2, 0.25) is 5.91 Å². The van der Waals surface area contributed by atoms with Gasteiger partial charge in [0, 0.05) is 38.4 Å². The molecule has 32 heavy (non-hydrogen) atoms. The smallest absolute Gasteiger partial charge is 0.224 e. The predicted octanol–water partition coefficient (Wildman–Crippen LogP) is 2.79. The molecule has 170 valence electrons. The quantitative estimate of drug-likeness (QED) is 0.661. The fraction of sp³-hybridized carbons (Fsp3) is 0.458. The van der Waals surface area contributed by atoms with E-state index in [1.165, 1.54) is 12.1 Å². The molecular weight excluding hydrogens is 418 g/mol. The lowest BCUT2D eigenvalue weighted by Gasteiger charge is -2.26. The van der Waals surface area contributed by atoms with Crippen molar-refractivity contribution in [3.05, 3.63) is 59.2 Å². The number of halogens is 2. The van der Waals surface area contributed by atoms with Crippen molar-refractivity contribution in [1.29, 1.82) is 0 Å². The number of anilines is 1. The maximum absolute atomic E-state index is 14.5. The van der Waals surface area contributed by atoms with Gasteiger partial charge in [0.15, 0.2) is 11.6 Å². The van der Waals surface area contributed by atoms with Crippen LogP contribution in [0.3, 0.4) is 0 Å². The van der Waals surface area contributed by atoms with Gasteiger partial charge in [0.25, 0.3) is 0 Å². The van der Waals surface area contributed by atoms with E-state index in [1.54, 1.807) is 24.3 Å². The van der Waals surface area contributed by atoms with Crippen LogP contribution in [-0.4, -0.2) is 52.4 Å². The molecule has 2 aromatic rings. The number of ether oxygens (including phenoxy) is 1. The van der Waals surface area contributed by atoms with Crippen molar-refractivity contribution >= 4 is 11.6 Å². The van der Waals surface area contributed by atoms with Gasteiger partial charge in [-0.25, -0.2) is 8.78 Å². The largest absolute Gasteiger partial charge is 0.487 e. The molecule has 5 rings (SSSR count). The van der Waals surface area contributed by atoms with E-state index in [9.17, 15) is 23.8 Å². The van der Waals surface area contributed by atoms with E-state index < -0.39 is 23.3 Å². The Hall–Kier alpha value is -2.55. The van der Waals surface area contributed by atoms with E-state index in [0.717, 1.165) is 0 Å². The lowest BCUT2D eigenvalue weighted by molar-refractivity contribution is -0.116. The monoisotopic (exact) mass is 444 g/mol. The molecule has 0 bridgehead atoms. The van der Waals surface area contributed by atoms with E-state index >= 15 is 0 Å². The molecule has 0 aromatic heterocycles. The molecule has 0 spiro atoms. The summed E-state index contributed by atoms with van der Waals surface area (Å²) < 4.78 is 34.1. The lowest BCUT2D eigenvalue weighted by Crippen LogP contribution is -2.36. The standard InChI is InChI=1S/C24H26F2N2O4/c25-18-3-1-2-4-21(18)32-17-9-16-11-28(13-24(16,31)10-17)12-20(29)15-7-14-5-6-22(30)27-23(14)19(26)8-15/h1-4,7-8,16-17,20,29,31H,5-6,9-13H2,(H,27,30)/t16-,17+,20+,24-/m0/s1. The van der Waals surface area contributed by atoms with Gasteiger partial charge >= 0.3 is 0 Å². The number of nitrogens with one attached hydrogen (secondary N) is 1. The van der Waals surface area contributed by atoms with E-state index in [2.05, 4.69) is 5.32 Å². The number of carbonyl (C=O) groups is 1. The second-order valence-electron chi connectivity index (χ2n) is 9.21. The Morgan fingerprint density at radius 3 is 2.81 bits per heavy atom. The number of β-amino-alcohol motifs (C(OH)–C–C–N with tert-alkyl or cyclic N) is 2. The number of para-hydroxylation sites is 1. The molecule has 8 heteroatoms. The number of nitrogens with zero attached hydrogens (tertiary/aromatic N) is 1. The number of amides is 1. The molecule has 2 aliphatic heterocycles. The molecule has 3 N–H and O–H groups in total. The van der Waals surface area contributed by atoms with Crippen molar-refractivity contribution < 1.29 is 28.5 Å². The Bertz CT molecular complexity index is 1050. The molecule has 2 aromatic carbocycles. The SMILES string of the molecule is O=C1CCc2cc([C@H](O)CN3C[C@@H]4C[C@@H](Oc5ccccc5F)C[C@]4(O)C3)cc(F)c2N1.